The van der Waals surface area contributed by atoms with Crippen LogP contribution < -0.4 is 0 Å². The van der Waals surface area contributed by atoms with Crippen LogP contribution in [0.3, 0.4) is 0 Å². The van der Waals surface area contributed by atoms with Crippen LogP contribution in [0.1, 0.15) is 19.3 Å². The van der Waals surface area contributed by atoms with Crippen molar-refractivity contribution in [1.82, 2.24) is 0 Å². The lowest BCUT2D eigenvalue weighted by Gasteiger charge is -2.51. The predicted octanol–water partition coefficient (Wildman–Crippen LogP) is 0.401. The maximum atomic E-state index is 10.6. The van der Waals surface area contributed by atoms with Crippen LogP contribution in [-0.2, 0) is 4.79 Å². The first-order valence-corrected chi connectivity index (χ1v) is 4.95. The van der Waals surface area contributed by atoms with E-state index in [1.54, 1.807) is 0 Å². The van der Waals surface area contributed by atoms with E-state index in [9.17, 15) is 4.79 Å². The van der Waals surface area contributed by atoms with Gasteiger partial charge in [0.1, 0.15) is 0 Å². The molecule has 3 aliphatic heterocycles. The van der Waals surface area contributed by atoms with Crippen molar-refractivity contribution in [3.63, 3.8) is 0 Å². The molecule has 2 bridgehead atoms. The Morgan fingerprint density at radius 1 is 1.46 bits per heavy atom. The largest absolute Gasteiger partial charge is 0.481 e. The fraction of sp³-hybridized carbons (Fsp3) is 0.889. The Morgan fingerprint density at radius 3 is 2.54 bits per heavy atom. The van der Waals surface area contributed by atoms with Crippen molar-refractivity contribution < 1.29 is 14.3 Å². The summed E-state index contributed by atoms with van der Waals surface area (Å²) in [7, 11) is 6.11. The van der Waals surface area contributed by atoms with Gasteiger partial charge in [-0.25, -0.2) is 0 Å². The zero-order chi connectivity index (χ0) is 9.47. The molecule has 2 radical (unpaired) electrons. The first-order chi connectivity index (χ1) is 6.09. The number of nitrogens with zero attached hydrogens (tertiary/aromatic N) is 1. The molecule has 0 aliphatic carbocycles. The second-order valence-corrected chi connectivity index (χ2v) is 4.54. The summed E-state index contributed by atoms with van der Waals surface area (Å²) in [5, 5.41) is 8.73. The average Bonchev–Trinajstić information content (AvgIpc) is 2.02. The Bertz CT molecular complexity index is 224. The van der Waals surface area contributed by atoms with Crippen LogP contribution in [0.25, 0.3) is 0 Å². The van der Waals surface area contributed by atoms with Crippen LogP contribution in [0.15, 0.2) is 0 Å². The Morgan fingerprint density at radius 2 is 2.08 bits per heavy atom. The molecule has 0 aromatic rings. The van der Waals surface area contributed by atoms with Gasteiger partial charge in [0, 0.05) is 5.92 Å². The van der Waals surface area contributed by atoms with E-state index >= 15 is 0 Å². The minimum atomic E-state index is -0.676. The van der Waals surface area contributed by atoms with Gasteiger partial charge in [-0.1, -0.05) is 0 Å². The van der Waals surface area contributed by atoms with E-state index in [1.807, 2.05) is 0 Å². The summed E-state index contributed by atoms with van der Waals surface area (Å²) in [6.07, 6.45) is 2.55. The van der Waals surface area contributed by atoms with Crippen LogP contribution in [0.4, 0.5) is 0 Å². The molecule has 3 nitrogen and oxygen atoms in total. The van der Waals surface area contributed by atoms with Crippen LogP contribution in [0.5, 0.6) is 0 Å². The van der Waals surface area contributed by atoms with E-state index in [0.717, 1.165) is 32.5 Å². The molecule has 0 saturated carbocycles. The molecule has 0 unspecified atom stereocenters. The number of fused-ring (bicyclic) bond motifs is 3. The van der Waals surface area contributed by atoms with Gasteiger partial charge in [-0.2, -0.15) is 0 Å². The maximum Gasteiger partial charge on any atom is 0.481 e. The maximum absolute atomic E-state index is 10.6. The van der Waals surface area contributed by atoms with Gasteiger partial charge in [-0.15, -0.1) is 0 Å². The summed E-state index contributed by atoms with van der Waals surface area (Å²) in [6.45, 7) is 2.96. The molecule has 0 aromatic heterocycles. The second-order valence-electron chi connectivity index (χ2n) is 4.54. The van der Waals surface area contributed by atoms with E-state index in [0.29, 0.717) is 22.7 Å². The van der Waals surface area contributed by atoms with Crippen molar-refractivity contribution in [1.29, 1.82) is 0 Å². The SMILES string of the molecule is [B][N+]12CCC(CC1)[C@H](CC(=O)O)C2. The molecular weight excluding hydrogens is 165 g/mol. The minimum Gasteiger partial charge on any atom is -0.481 e. The first kappa shape index (κ1) is 9.07. The zero-order valence-corrected chi connectivity index (χ0v) is 7.78. The highest BCUT2D eigenvalue weighted by Gasteiger charge is 2.43. The number of hydrogen-bond donors (Lipinski definition) is 1. The van der Waals surface area contributed by atoms with Crippen molar-refractivity contribution in [2.24, 2.45) is 11.8 Å². The van der Waals surface area contributed by atoms with E-state index < -0.39 is 5.97 Å². The monoisotopic (exact) mass is 180 g/mol. The Kier molecular flexibility index (Phi) is 2.10. The number of piperidine rings is 3. The molecule has 13 heavy (non-hydrogen) atoms. The summed E-state index contributed by atoms with van der Waals surface area (Å²) >= 11 is 0. The summed E-state index contributed by atoms with van der Waals surface area (Å²) in [6, 6.07) is 0. The van der Waals surface area contributed by atoms with Crippen molar-refractivity contribution in [2.75, 3.05) is 19.6 Å². The fourth-order valence-electron chi connectivity index (χ4n) is 2.83. The van der Waals surface area contributed by atoms with Gasteiger partial charge < -0.3 is 9.50 Å². The minimum absolute atomic E-state index is 0.307. The number of carbonyl (C=O) groups is 1. The standard InChI is InChI=1S/C9H15BNO2/c10-11-3-1-7(2-4-11)8(6-11)5-9(12)13/h7-8H,1-6H2,(H,12,13)/q+1/t7?,8-,11?/m1/s1. The molecule has 0 spiro atoms. The van der Waals surface area contributed by atoms with Crippen molar-refractivity contribution >= 4 is 14.0 Å². The predicted molar refractivity (Wildman–Crippen MR) is 49.1 cm³/mol. The summed E-state index contributed by atoms with van der Waals surface area (Å²) in [5.74, 6) is 0.273. The topological polar surface area (TPSA) is 37.3 Å². The smallest absolute Gasteiger partial charge is 0.481 e. The van der Waals surface area contributed by atoms with Gasteiger partial charge in [-0.05, 0) is 18.8 Å². The van der Waals surface area contributed by atoms with Gasteiger partial charge >= 0.3 is 14.0 Å². The Labute approximate surface area is 79.7 Å². The molecule has 3 aliphatic rings. The van der Waals surface area contributed by atoms with Crippen molar-refractivity contribution in [3.8, 4) is 0 Å². The molecule has 70 valence electrons. The summed E-state index contributed by atoms with van der Waals surface area (Å²) in [4.78, 5) is 10.6. The Balaban J connectivity index is 2.03. The zero-order valence-electron chi connectivity index (χ0n) is 7.78. The molecule has 3 rings (SSSR count). The number of carboxylic acid groups (broad SMARTS) is 1. The normalized spacial score (nSPS) is 43.4. The van der Waals surface area contributed by atoms with Crippen LogP contribution in [0, 0.1) is 11.8 Å². The lowest BCUT2D eigenvalue weighted by atomic mass is 9.74. The van der Waals surface area contributed by atoms with Crippen molar-refractivity contribution in [2.45, 2.75) is 19.3 Å². The Hall–Kier alpha value is -0.505. The van der Waals surface area contributed by atoms with E-state index in [4.69, 9.17) is 13.1 Å². The number of quaternary nitrogens is 1. The average molecular weight is 180 g/mol. The third-order valence-corrected chi connectivity index (χ3v) is 3.59. The molecule has 0 amide bonds. The van der Waals surface area contributed by atoms with Gasteiger partial charge in [0.2, 0.25) is 0 Å². The lowest BCUT2D eigenvalue weighted by Crippen LogP contribution is -2.60. The highest BCUT2D eigenvalue weighted by atomic mass is 16.4. The number of aliphatic carboxylic acids is 1. The van der Waals surface area contributed by atoms with Crippen LogP contribution >= 0.6 is 0 Å². The van der Waals surface area contributed by atoms with E-state index in [1.165, 1.54) is 0 Å². The molecule has 3 saturated heterocycles. The molecule has 0 aromatic carbocycles. The molecule has 1 N–H and O–H groups in total. The summed E-state index contributed by atoms with van der Waals surface area (Å²) < 4.78 is 0.619. The highest BCUT2D eigenvalue weighted by Crippen LogP contribution is 2.37. The second kappa shape index (κ2) is 3.01. The quantitative estimate of drug-likeness (QED) is 0.624. The van der Waals surface area contributed by atoms with Crippen LogP contribution in [-0.4, -0.2) is 43.1 Å². The molecule has 3 fully saturated rings. The highest BCUT2D eigenvalue weighted by molar-refractivity contribution is 5.97. The molecular formula is C9H15BNO2+. The summed E-state index contributed by atoms with van der Waals surface area (Å²) in [5.41, 5.74) is 0. The fourth-order valence-corrected chi connectivity index (χ4v) is 2.83. The third-order valence-electron chi connectivity index (χ3n) is 3.59. The van der Waals surface area contributed by atoms with Crippen LogP contribution in [0.2, 0.25) is 0 Å². The first-order valence-electron chi connectivity index (χ1n) is 4.95. The van der Waals surface area contributed by atoms with Gasteiger partial charge in [-0.3, -0.25) is 4.79 Å². The number of hydrogen-bond acceptors (Lipinski definition) is 1. The molecule has 4 heteroatoms. The van der Waals surface area contributed by atoms with E-state index in [2.05, 4.69) is 0 Å². The van der Waals surface area contributed by atoms with Crippen molar-refractivity contribution in [3.05, 3.63) is 0 Å². The molecule has 1 atom stereocenters. The number of rotatable bonds is 2. The van der Waals surface area contributed by atoms with Gasteiger partial charge in [0.05, 0.1) is 26.1 Å². The lowest BCUT2D eigenvalue weighted by molar-refractivity contribution is -0.841. The molecule has 3 heterocycles. The van der Waals surface area contributed by atoms with Gasteiger partial charge in [0.25, 0.3) is 0 Å². The third kappa shape index (κ3) is 1.73. The van der Waals surface area contributed by atoms with E-state index in [-0.39, 0.29) is 0 Å². The number of carboxylic acids is 1. The van der Waals surface area contributed by atoms with Gasteiger partial charge in [0.15, 0.2) is 0 Å².